The molecule has 2 aromatic rings. The number of aliphatic hydroxyl groups is 1. The van der Waals surface area contributed by atoms with Gasteiger partial charge in [0, 0.05) is 36.3 Å². The summed E-state index contributed by atoms with van der Waals surface area (Å²) < 4.78 is 31.7. The number of carbonyl (C=O) groups excluding carboxylic acids is 3. The van der Waals surface area contributed by atoms with Crippen LogP contribution in [0.1, 0.15) is 35.7 Å². The van der Waals surface area contributed by atoms with E-state index in [1.54, 1.807) is 17.2 Å². The van der Waals surface area contributed by atoms with E-state index in [1.807, 2.05) is 31.2 Å². The highest BCUT2D eigenvalue weighted by atomic mass is 19.4. The molecule has 4 rings (SSSR count). The average Bonchev–Trinajstić information content (AvgIpc) is 3.15. The molecule has 1 aromatic carbocycles. The zero-order valence-corrected chi connectivity index (χ0v) is 19.0. The van der Waals surface area contributed by atoms with Crippen molar-refractivity contribution in [1.29, 1.82) is 0 Å². The van der Waals surface area contributed by atoms with Gasteiger partial charge in [0.25, 0.3) is 5.91 Å². The summed E-state index contributed by atoms with van der Waals surface area (Å²) in [5.41, 5.74) is 3.18. The van der Waals surface area contributed by atoms with Gasteiger partial charge in [0.1, 0.15) is 11.9 Å². The van der Waals surface area contributed by atoms with Crippen LogP contribution in [0.25, 0.3) is 11.1 Å². The van der Waals surface area contributed by atoms with E-state index >= 15 is 0 Å². The number of nitrogens with zero attached hydrogens (tertiary/aromatic N) is 2. The Balaban J connectivity index is 0.000000454. The Bertz CT molecular complexity index is 1170. The lowest BCUT2D eigenvalue weighted by atomic mass is 9.98. The first-order valence-electron chi connectivity index (χ1n) is 10.8. The first-order chi connectivity index (χ1) is 16.9. The number of carboxylic acids is 1. The standard InChI is InChI=1S/C21H22N4O4.C2HF3O2/c1-12(11-26)23-18-7-5-13(9-22-18)14-3-2-4-15-16(14)10-25(21(15)29)17-6-8-19(27)24-20(17)28;3-2(4,5)1(6)7/h2-5,7,9,12,17,26H,6,8,10-11H2,1H3,(H,22,23)(H,24,27,28);(H,6,7)/t12-,17?;/m0./s1. The fourth-order valence-electron chi connectivity index (χ4n) is 3.79. The fourth-order valence-corrected chi connectivity index (χ4v) is 3.79. The summed E-state index contributed by atoms with van der Waals surface area (Å²) >= 11 is 0. The van der Waals surface area contributed by atoms with E-state index in [4.69, 9.17) is 15.0 Å². The zero-order valence-electron chi connectivity index (χ0n) is 19.0. The first-order valence-corrected chi connectivity index (χ1v) is 10.8. The number of piperidine rings is 1. The molecule has 0 spiro atoms. The van der Waals surface area contributed by atoms with Crippen molar-refractivity contribution in [2.45, 2.75) is 44.6 Å². The summed E-state index contributed by atoms with van der Waals surface area (Å²) in [6, 6.07) is 8.52. The third-order valence-electron chi connectivity index (χ3n) is 5.57. The van der Waals surface area contributed by atoms with E-state index in [1.165, 1.54) is 0 Å². The highest BCUT2D eigenvalue weighted by Gasteiger charge is 2.40. The number of halogens is 3. The number of hydrogen-bond donors (Lipinski definition) is 4. The molecule has 2 atom stereocenters. The third-order valence-corrected chi connectivity index (χ3v) is 5.57. The van der Waals surface area contributed by atoms with Crippen LogP contribution in [0.3, 0.4) is 0 Å². The zero-order chi connectivity index (χ0) is 26.6. The van der Waals surface area contributed by atoms with Gasteiger partial charge in [-0.05, 0) is 42.7 Å². The number of aliphatic hydroxyl groups excluding tert-OH is 1. The molecule has 2 aliphatic rings. The van der Waals surface area contributed by atoms with Crippen molar-refractivity contribution in [2.75, 3.05) is 11.9 Å². The summed E-state index contributed by atoms with van der Waals surface area (Å²) in [5.74, 6) is -3.01. The Morgan fingerprint density at radius 1 is 1.22 bits per heavy atom. The molecule has 0 bridgehead atoms. The van der Waals surface area contributed by atoms with Gasteiger partial charge in [0.05, 0.1) is 6.61 Å². The van der Waals surface area contributed by atoms with Gasteiger partial charge in [-0.25, -0.2) is 9.78 Å². The molecule has 1 fully saturated rings. The van der Waals surface area contributed by atoms with Crippen LogP contribution in [0.15, 0.2) is 36.5 Å². The quantitative estimate of drug-likeness (QED) is 0.448. The maximum atomic E-state index is 12.9. The number of aromatic nitrogens is 1. The molecular weight excluding hydrogens is 485 g/mol. The molecule has 0 saturated carbocycles. The minimum Gasteiger partial charge on any atom is -0.475 e. The molecule has 10 nitrogen and oxygen atoms in total. The van der Waals surface area contributed by atoms with Crippen LogP contribution >= 0.6 is 0 Å². The van der Waals surface area contributed by atoms with Gasteiger partial charge < -0.3 is 20.4 Å². The smallest absolute Gasteiger partial charge is 0.475 e. The van der Waals surface area contributed by atoms with Gasteiger partial charge in [-0.1, -0.05) is 12.1 Å². The molecule has 3 amide bonds. The number of imide groups is 1. The number of nitrogens with one attached hydrogen (secondary N) is 2. The van der Waals surface area contributed by atoms with Crippen LogP contribution in [0.5, 0.6) is 0 Å². The van der Waals surface area contributed by atoms with E-state index in [0.29, 0.717) is 24.3 Å². The molecule has 3 heterocycles. The Labute approximate surface area is 203 Å². The number of alkyl halides is 3. The van der Waals surface area contributed by atoms with E-state index in [2.05, 4.69) is 15.6 Å². The molecule has 36 heavy (non-hydrogen) atoms. The number of anilines is 1. The number of aliphatic carboxylic acids is 1. The van der Waals surface area contributed by atoms with E-state index < -0.39 is 24.1 Å². The van der Waals surface area contributed by atoms with Crippen LogP contribution in [0.4, 0.5) is 19.0 Å². The predicted molar refractivity (Wildman–Crippen MR) is 120 cm³/mol. The lowest BCUT2D eigenvalue weighted by molar-refractivity contribution is -0.192. The maximum absolute atomic E-state index is 12.9. The Hall–Kier alpha value is -4.00. The minimum absolute atomic E-state index is 0.00785. The normalized spacial score (nSPS) is 18.1. The molecule has 1 saturated heterocycles. The number of benzene rings is 1. The number of amides is 3. The summed E-state index contributed by atoms with van der Waals surface area (Å²) in [6.07, 6.45) is -2.79. The molecule has 2 aliphatic heterocycles. The van der Waals surface area contributed by atoms with Crippen LogP contribution in [0, 0.1) is 0 Å². The largest absolute Gasteiger partial charge is 0.490 e. The van der Waals surface area contributed by atoms with Crippen LogP contribution in [0.2, 0.25) is 0 Å². The number of rotatable bonds is 5. The summed E-state index contributed by atoms with van der Waals surface area (Å²) in [6.45, 7) is 2.18. The number of fused-ring (bicyclic) bond motifs is 1. The van der Waals surface area contributed by atoms with Crippen molar-refractivity contribution in [3.63, 3.8) is 0 Å². The van der Waals surface area contributed by atoms with E-state index in [9.17, 15) is 27.6 Å². The summed E-state index contributed by atoms with van der Waals surface area (Å²) in [4.78, 5) is 51.4. The lowest BCUT2D eigenvalue weighted by Crippen LogP contribution is -2.52. The van der Waals surface area contributed by atoms with Crippen molar-refractivity contribution >= 4 is 29.5 Å². The van der Waals surface area contributed by atoms with E-state index in [-0.39, 0.29) is 30.9 Å². The number of carboxylic acid groups (broad SMARTS) is 1. The minimum atomic E-state index is -5.08. The predicted octanol–water partition coefficient (Wildman–Crippen LogP) is 1.94. The molecule has 0 radical (unpaired) electrons. The topological polar surface area (TPSA) is 149 Å². The fraction of sp³-hybridized carbons (Fsp3) is 0.348. The monoisotopic (exact) mass is 508 g/mol. The lowest BCUT2D eigenvalue weighted by Gasteiger charge is -2.29. The molecular formula is C23H23F3N4O6. The van der Waals surface area contributed by atoms with Gasteiger partial charge in [-0.2, -0.15) is 13.2 Å². The van der Waals surface area contributed by atoms with Crippen LogP contribution < -0.4 is 10.6 Å². The Morgan fingerprint density at radius 3 is 2.44 bits per heavy atom. The van der Waals surface area contributed by atoms with Crippen LogP contribution in [-0.2, 0) is 20.9 Å². The van der Waals surface area contributed by atoms with Gasteiger partial charge >= 0.3 is 12.1 Å². The van der Waals surface area contributed by atoms with Crippen LogP contribution in [-0.4, -0.2) is 68.7 Å². The van der Waals surface area contributed by atoms with Gasteiger partial charge in [0.2, 0.25) is 11.8 Å². The Kier molecular flexibility index (Phi) is 7.93. The molecule has 4 N–H and O–H groups in total. The van der Waals surface area contributed by atoms with Gasteiger partial charge in [-0.15, -0.1) is 0 Å². The van der Waals surface area contributed by atoms with Gasteiger partial charge in [0.15, 0.2) is 0 Å². The van der Waals surface area contributed by atoms with Gasteiger partial charge in [-0.3, -0.25) is 19.7 Å². The highest BCUT2D eigenvalue weighted by Crippen LogP contribution is 2.34. The number of carbonyl (C=O) groups is 4. The van der Waals surface area contributed by atoms with Crippen molar-refractivity contribution < 1.29 is 42.6 Å². The Morgan fingerprint density at radius 2 is 1.89 bits per heavy atom. The summed E-state index contributed by atoms with van der Waals surface area (Å²) in [7, 11) is 0. The molecule has 1 unspecified atom stereocenters. The van der Waals surface area contributed by atoms with Crippen molar-refractivity contribution in [3.8, 4) is 11.1 Å². The second-order valence-corrected chi connectivity index (χ2v) is 8.19. The summed E-state index contributed by atoms with van der Waals surface area (Å²) in [5, 5.41) is 21.7. The second kappa shape index (κ2) is 10.7. The highest BCUT2D eigenvalue weighted by molar-refractivity contribution is 6.06. The second-order valence-electron chi connectivity index (χ2n) is 8.19. The average molecular weight is 508 g/mol. The first kappa shape index (κ1) is 26.6. The maximum Gasteiger partial charge on any atom is 0.490 e. The van der Waals surface area contributed by atoms with Crippen molar-refractivity contribution in [1.82, 2.24) is 15.2 Å². The van der Waals surface area contributed by atoms with Crippen molar-refractivity contribution in [3.05, 3.63) is 47.7 Å². The number of hydrogen-bond acceptors (Lipinski definition) is 7. The molecule has 1 aromatic heterocycles. The molecule has 13 heteroatoms. The van der Waals surface area contributed by atoms with E-state index in [0.717, 1.165) is 16.7 Å². The third kappa shape index (κ3) is 5.97. The molecule has 0 aliphatic carbocycles. The molecule has 192 valence electrons. The van der Waals surface area contributed by atoms with Crippen molar-refractivity contribution in [2.24, 2.45) is 0 Å². The SMILES string of the molecule is C[C@@H](CO)Nc1ccc(-c2cccc3c2CN(C2CCC(=O)NC2=O)C3=O)cn1.O=C(O)C(F)(F)F. The number of pyridine rings is 1.